The van der Waals surface area contributed by atoms with E-state index in [0.717, 1.165) is 0 Å². The van der Waals surface area contributed by atoms with E-state index < -0.39 is 0 Å². The minimum absolute atomic E-state index is 0.0710. The molecule has 0 aliphatic heterocycles. The van der Waals surface area contributed by atoms with Gasteiger partial charge in [-0.25, -0.2) is 0 Å². The molecule has 0 spiro atoms. The molecule has 1 rings (SSSR count). The zero-order valence-corrected chi connectivity index (χ0v) is 12.0. The molecule has 1 nitrogen and oxygen atoms in total. The molecule has 0 unspecified atom stereocenters. The lowest BCUT2D eigenvalue weighted by Gasteiger charge is -1.95. The average Bonchev–Trinajstić information content (AvgIpc) is 2.21. The van der Waals surface area contributed by atoms with Crippen LogP contribution in [-0.2, 0) is 0 Å². The summed E-state index contributed by atoms with van der Waals surface area (Å²) in [4.78, 5) is 11.0. The van der Waals surface area contributed by atoms with Crippen molar-refractivity contribution in [2.45, 2.75) is 0 Å². The standard InChI is InChI=1S/C8H6BrClO.Br2/c9-5-8(11)6-1-3-7(10)4-2-6;1-2/h1-4H,5H2;. The second kappa shape index (κ2) is 7.97. The molecule has 0 atom stereocenters. The minimum atomic E-state index is 0.0710. The average molecular weight is 393 g/mol. The lowest BCUT2D eigenvalue weighted by atomic mass is 10.2. The van der Waals surface area contributed by atoms with Crippen molar-refractivity contribution in [2.75, 3.05) is 5.33 Å². The molecule has 0 heterocycles. The van der Waals surface area contributed by atoms with Crippen molar-refractivity contribution < 1.29 is 4.79 Å². The fourth-order valence-corrected chi connectivity index (χ4v) is 1.16. The summed E-state index contributed by atoms with van der Waals surface area (Å²) in [5.41, 5.74) is 0.686. The molecular weight excluding hydrogens is 387 g/mol. The van der Waals surface area contributed by atoms with E-state index in [0.29, 0.717) is 15.9 Å². The van der Waals surface area contributed by atoms with Gasteiger partial charge in [-0.05, 0) is 24.3 Å². The van der Waals surface area contributed by atoms with Crippen LogP contribution in [-0.4, -0.2) is 11.1 Å². The number of ketones is 1. The van der Waals surface area contributed by atoms with Crippen LogP contribution in [0.3, 0.4) is 0 Å². The first-order valence-corrected chi connectivity index (χ1v) is 8.44. The van der Waals surface area contributed by atoms with Crippen LogP contribution in [0.15, 0.2) is 24.3 Å². The molecule has 0 saturated carbocycles. The van der Waals surface area contributed by atoms with Crippen LogP contribution in [0.4, 0.5) is 0 Å². The van der Waals surface area contributed by atoms with E-state index in [1.54, 1.807) is 24.3 Å². The molecule has 13 heavy (non-hydrogen) atoms. The fraction of sp³-hybridized carbons (Fsp3) is 0.125. The molecule has 0 fully saturated rings. The third-order valence-corrected chi connectivity index (χ3v) is 2.05. The van der Waals surface area contributed by atoms with E-state index in [4.69, 9.17) is 11.6 Å². The Morgan fingerprint density at radius 1 is 1.23 bits per heavy atom. The van der Waals surface area contributed by atoms with E-state index >= 15 is 0 Å². The van der Waals surface area contributed by atoms with Crippen LogP contribution in [0.25, 0.3) is 0 Å². The molecule has 72 valence electrons. The lowest BCUT2D eigenvalue weighted by molar-refractivity contribution is 0.102. The number of alkyl halides is 1. The lowest BCUT2D eigenvalue weighted by Crippen LogP contribution is -1.98. The zero-order chi connectivity index (χ0) is 10.3. The van der Waals surface area contributed by atoms with Crippen molar-refractivity contribution in [1.29, 1.82) is 0 Å². The van der Waals surface area contributed by atoms with E-state index in [9.17, 15) is 4.79 Å². The molecule has 0 radical (unpaired) electrons. The highest BCUT2D eigenvalue weighted by Crippen LogP contribution is 2.10. The van der Waals surface area contributed by atoms with Crippen molar-refractivity contribution in [2.24, 2.45) is 0 Å². The molecule has 0 aliphatic carbocycles. The molecule has 0 saturated heterocycles. The van der Waals surface area contributed by atoms with E-state index in [-0.39, 0.29) is 5.78 Å². The van der Waals surface area contributed by atoms with Gasteiger partial charge in [-0.1, -0.05) is 27.5 Å². The number of hydrogen-bond donors (Lipinski definition) is 0. The summed E-state index contributed by atoms with van der Waals surface area (Å²) in [7, 11) is 0. The molecule has 0 bridgehead atoms. The fourth-order valence-electron chi connectivity index (χ4n) is 0.713. The van der Waals surface area contributed by atoms with Gasteiger partial charge < -0.3 is 0 Å². The Balaban J connectivity index is 0.000000671. The van der Waals surface area contributed by atoms with Gasteiger partial charge in [-0.2, -0.15) is 0 Å². The highest BCUT2D eigenvalue weighted by atomic mass is 80.9. The van der Waals surface area contributed by atoms with Crippen molar-refractivity contribution in [3.05, 3.63) is 34.9 Å². The number of halogens is 4. The van der Waals surface area contributed by atoms with Crippen LogP contribution in [0.1, 0.15) is 10.4 Å². The Bertz CT molecular complexity index is 261. The van der Waals surface area contributed by atoms with Gasteiger partial charge in [0.05, 0.1) is 5.33 Å². The van der Waals surface area contributed by atoms with Crippen molar-refractivity contribution in [3.63, 3.8) is 0 Å². The van der Waals surface area contributed by atoms with Crippen LogP contribution in [0.2, 0.25) is 5.02 Å². The number of rotatable bonds is 2. The molecule has 1 aromatic rings. The minimum Gasteiger partial charge on any atom is -0.293 e. The highest BCUT2D eigenvalue weighted by molar-refractivity contribution is 9.93. The third kappa shape index (κ3) is 5.15. The molecule has 1 aromatic carbocycles. The van der Waals surface area contributed by atoms with Gasteiger partial charge in [0.25, 0.3) is 0 Å². The maximum atomic E-state index is 11.0. The molecular formula is C8H6Br3ClO. The molecule has 5 heteroatoms. The predicted octanol–water partition coefficient (Wildman–Crippen LogP) is 4.61. The zero-order valence-electron chi connectivity index (χ0n) is 6.44. The number of carbonyl (C=O) groups is 1. The second-order valence-electron chi connectivity index (χ2n) is 2.06. The largest absolute Gasteiger partial charge is 0.293 e. The van der Waals surface area contributed by atoms with E-state index in [1.165, 1.54) is 0 Å². The Kier molecular flexibility index (Phi) is 8.35. The van der Waals surface area contributed by atoms with Gasteiger partial charge >= 0.3 is 0 Å². The Labute approximate surface area is 106 Å². The van der Waals surface area contributed by atoms with Gasteiger partial charge in [0.2, 0.25) is 0 Å². The quantitative estimate of drug-likeness (QED) is 0.530. The van der Waals surface area contributed by atoms with Crippen molar-refractivity contribution >= 4 is 61.6 Å². The molecule has 0 amide bonds. The number of benzene rings is 1. The SMILES string of the molecule is BrBr.O=C(CBr)c1ccc(Cl)cc1. The summed E-state index contributed by atoms with van der Waals surface area (Å²) in [6, 6.07) is 6.84. The summed E-state index contributed by atoms with van der Waals surface area (Å²) < 4.78 is 0. The smallest absolute Gasteiger partial charge is 0.173 e. The Morgan fingerprint density at radius 2 is 1.69 bits per heavy atom. The number of Topliss-reactive ketones (excluding diaryl/α,β-unsaturated/α-hetero) is 1. The maximum Gasteiger partial charge on any atom is 0.173 e. The Hall–Kier alpha value is 0.620. The first-order valence-electron chi connectivity index (χ1n) is 3.23. The molecule has 0 aliphatic rings. The third-order valence-electron chi connectivity index (χ3n) is 1.29. The first-order chi connectivity index (χ1) is 6.24. The van der Waals surface area contributed by atoms with Crippen LogP contribution in [0, 0.1) is 0 Å². The summed E-state index contributed by atoms with van der Waals surface area (Å²) in [5, 5.41) is 1.00. The summed E-state index contributed by atoms with van der Waals surface area (Å²) in [5.74, 6) is 0.0710. The van der Waals surface area contributed by atoms with Gasteiger partial charge in [0.1, 0.15) is 0 Å². The topological polar surface area (TPSA) is 17.1 Å². The summed E-state index contributed by atoms with van der Waals surface area (Å²) >= 11 is 14.2. The van der Waals surface area contributed by atoms with E-state index in [1.807, 2.05) is 0 Å². The summed E-state index contributed by atoms with van der Waals surface area (Å²) in [6.45, 7) is 0. The van der Waals surface area contributed by atoms with Gasteiger partial charge in [0, 0.05) is 38.8 Å². The maximum absolute atomic E-state index is 11.0. The van der Waals surface area contributed by atoms with Crippen LogP contribution < -0.4 is 0 Å². The number of hydrogen-bond acceptors (Lipinski definition) is 1. The van der Waals surface area contributed by atoms with E-state index in [2.05, 4.69) is 44.2 Å². The molecule has 0 aromatic heterocycles. The monoisotopic (exact) mass is 390 g/mol. The highest BCUT2D eigenvalue weighted by Gasteiger charge is 2.01. The van der Waals surface area contributed by atoms with Crippen molar-refractivity contribution in [1.82, 2.24) is 0 Å². The van der Waals surface area contributed by atoms with Crippen molar-refractivity contribution in [3.8, 4) is 0 Å². The van der Waals surface area contributed by atoms with Gasteiger partial charge in [0.15, 0.2) is 5.78 Å². The normalized spacial score (nSPS) is 8.62. The predicted molar refractivity (Wildman–Crippen MR) is 67.4 cm³/mol. The first kappa shape index (κ1) is 13.6. The van der Waals surface area contributed by atoms with Gasteiger partial charge in [-0.15, -0.1) is 0 Å². The van der Waals surface area contributed by atoms with Gasteiger partial charge in [-0.3, -0.25) is 4.79 Å². The second-order valence-corrected chi connectivity index (χ2v) is 3.06. The summed E-state index contributed by atoms with van der Waals surface area (Å²) in [6.07, 6.45) is 0. The Morgan fingerprint density at radius 3 is 2.08 bits per heavy atom. The molecule has 0 N–H and O–H groups in total. The number of carbonyl (C=O) groups excluding carboxylic acids is 1. The van der Waals surface area contributed by atoms with Crippen LogP contribution >= 0.6 is 55.8 Å². The van der Waals surface area contributed by atoms with Crippen LogP contribution in [0.5, 0.6) is 0 Å².